The first-order chi connectivity index (χ1) is 10.6. The third-order valence-electron chi connectivity index (χ3n) is 5.17. The highest BCUT2D eigenvalue weighted by molar-refractivity contribution is 5.85. The van der Waals surface area contributed by atoms with Gasteiger partial charge < -0.3 is 15.2 Å². The van der Waals surface area contributed by atoms with Crippen LogP contribution in [-0.2, 0) is 16.1 Å². The average molecular weight is 304 g/mol. The fraction of sp³-hybridized carbons (Fsp3) is 0.529. The Morgan fingerprint density at radius 2 is 1.59 bits per heavy atom. The number of benzene rings is 1. The van der Waals surface area contributed by atoms with Crippen molar-refractivity contribution in [1.82, 2.24) is 5.32 Å². The molecule has 0 aliphatic heterocycles. The van der Waals surface area contributed by atoms with E-state index in [4.69, 9.17) is 0 Å². The van der Waals surface area contributed by atoms with Gasteiger partial charge in [0.25, 0.3) is 0 Å². The lowest BCUT2D eigenvalue weighted by atomic mass is 9.58. The zero-order valence-corrected chi connectivity index (χ0v) is 12.3. The number of fused-ring (bicyclic) bond motifs is 3. The Hall–Kier alpha value is -1.91. The van der Waals surface area contributed by atoms with Gasteiger partial charge in [0.2, 0.25) is 5.91 Å². The van der Waals surface area contributed by atoms with E-state index in [9.17, 15) is 19.1 Å². The summed E-state index contributed by atoms with van der Waals surface area (Å²) in [5.41, 5.74) is 0.792. The maximum absolute atomic E-state index is 12.9. The summed E-state index contributed by atoms with van der Waals surface area (Å²) in [5.74, 6) is -2.59. The fourth-order valence-electron chi connectivity index (χ4n) is 4.08. The van der Waals surface area contributed by atoms with E-state index in [0.29, 0.717) is 0 Å². The molecular formula is C17H19FNO3-. The highest BCUT2D eigenvalue weighted by atomic mass is 19.1. The summed E-state index contributed by atoms with van der Waals surface area (Å²) >= 11 is 0. The van der Waals surface area contributed by atoms with Crippen molar-refractivity contribution in [3.05, 3.63) is 35.6 Å². The summed E-state index contributed by atoms with van der Waals surface area (Å²) in [7, 11) is 0. The molecule has 0 unspecified atom stereocenters. The molecule has 3 fully saturated rings. The zero-order chi connectivity index (χ0) is 15.7. The van der Waals surface area contributed by atoms with Crippen LogP contribution >= 0.6 is 0 Å². The molecule has 4 nitrogen and oxygen atoms in total. The lowest BCUT2D eigenvalue weighted by Gasteiger charge is -2.48. The Morgan fingerprint density at radius 3 is 2.14 bits per heavy atom. The monoisotopic (exact) mass is 304 g/mol. The molecule has 2 atom stereocenters. The van der Waals surface area contributed by atoms with Crippen molar-refractivity contribution in [2.24, 2.45) is 23.7 Å². The van der Waals surface area contributed by atoms with E-state index in [-0.39, 0.29) is 30.1 Å². The van der Waals surface area contributed by atoms with Gasteiger partial charge in [0.05, 0.1) is 0 Å². The van der Waals surface area contributed by atoms with Crippen LogP contribution < -0.4 is 10.4 Å². The topological polar surface area (TPSA) is 69.2 Å². The second-order valence-electron chi connectivity index (χ2n) is 6.39. The number of hydrogen-bond donors (Lipinski definition) is 1. The Morgan fingerprint density at radius 1 is 1.05 bits per heavy atom. The number of rotatable bonds is 4. The minimum atomic E-state index is -1.10. The summed E-state index contributed by atoms with van der Waals surface area (Å²) in [6.07, 6.45) is 3.60. The first kappa shape index (κ1) is 15.0. The smallest absolute Gasteiger partial charge is 0.224 e. The summed E-state index contributed by atoms with van der Waals surface area (Å²) in [4.78, 5) is 23.9. The molecule has 1 aromatic carbocycles. The zero-order valence-electron chi connectivity index (χ0n) is 12.3. The molecule has 1 N–H and O–H groups in total. The van der Waals surface area contributed by atoms with E-state index in [1.165, 1.54) is 12.1 Å². The van der Waals surface area contributed by atoms with Crippen LogP contribution in [0, 0.1) is 29.5 Å². The number of carbonyl (C=O) groups is 2. The number of carboxylic acids is 1. The van der Waals surface area contributed by atoms with Crippen molar-refractivity contribution >= 4 is 11.9 Å². The van der Waals surface area contributed by atoms with E-state index in [0.717, 1.165) is 31.2 Å². The van der Waals surface area contributed by atoms with Gasteiger partial charge in [-0.15, -0.1) is 0 Å². The Labute approximate surface area is 128 Å². The molecule has 0 heterocycles. The van der Waals surface area contributed by atoms with Gasteiger partial charge in [-0.25, -0.2) is 4.39 Å². The molecule has 0 aromatic heterocycles. The van der Waals surface area contributed by atoms with Crippen LogP contribution in [0.4, 0.5) is 4.39 Å². The average Bonchev–Trinajstić information content (AvgIpc) is 2.54. The molecule has 0 radical (unpaired) electrons. The molecule has 0 saturated heterocycles. The highest BCUT2D eigenvalue weighted by Crippen LogP contribution is 2.48. The van der Waals surface area contributed by atoms with Crippen molar-refractivity contribution in [3.8, 4) is 0 Å². The molecule has 3 aliphatic rings. The van der Waals surface area contributed by atoms with Gasteiger partial charge in [-0.3, -0.25) is 4.79 Å². The van der Waals surface area contributed by atoms with Gasteiger partial charge >= 0.3 is 0 Å². The number of nitrogens with one attached hydrogen (secondary N) is 1. The number of halogens is 1. The van der Waals surface area contributed by atoms with E-state index in [2.05, 4.69) is 5.32 Å². The number of hydrogen-bond acceptors (Lipinski definition) is 3. The summed E-state index contributed by atoms with van der Waals surface area (Å²) in [6, 6.07) is 5.90. The van der Waals surface area contributed by atoms with Crippen LogP contribution in [0.3, 0.4) is 0 Å². The molecular weight excluding hydrogens is 285 g/mol. The Balaban J connectivity index is 1.67. The second-order valence-corrected chi connectivity index (χ2v) is 6.39. The number of carbonyl (C=O) groups excluding carboxylic acids is 2. The quantitative estimate of drug-likeness (QED) is 0.910. The molecule has 1 amide bonds. The van der Waals surface area contributed by atoms with Crippen LogP contribution in [0.2, 0.25) is 0 Å². The maximum atomic E-state index is 12.9. The highest BCUT2D eigenvalue weighted by Gasteiger charge is 2.47. The van der Waals surface area contributed by atoms with Crippen LogP contribution in [0.1, 0.15) is 31.2 Å². The maximum Gasteiger partial charge on any atom is 0.224 e. The standard InChI is InChI=1S/C17H20FNO3/c18-13-7-1-10(2-8-13)9-19-16(20)14-11-3-5-12(6-4-11)15(14)17(21)22/h1-2,7-8,11-12,14-15H,3-6,9H2,(H,19,20)(H,21,22)/p-1/t11?,12?,14-,15+/m0/s1. The predicted molar refractivity (Wildman–Crippen MR) is 75.7 cm³/mol. The molecule has 3 saturated carbocycles. The van der Waals surface area contributed by atoms with Gasteiger partial charge in [0.15, 0.2) is 0 Å². The molecule has 0 spiro atoms. The lowest BCUT2D eigenvalue weighted by Crippen LogP contribution is -2.54. The van der Waals surface area contributed by atoms with Crippen LogP contribution in [0.25, 0.3) is 0 Å². The summed E-state index contributed by atoms with van der Waals surface area (Å²) in [5, 5.41) is 14.2. The van der Waals surface area contributed by atoms with Crippen molar-refractivity contribution < 1.29 is 19.1 Å². The van der Waals surface area contributed by atoms with Crippen LogP contribution in [-0.4, -0.2) is 11.9 Å². The largest absolute Gasteiger partial charge is 0.550 e. The Bertz CT molecular complexity index is 564. The minimum Gasteiger partial charge on any atom is -0.550 e. The van der Waals surface area contributed by atoms with E-state index in [1.807, 2.05) is 0 Å². The molecule has 4 rings (SSSR count). The first-order valence-electron chi connectivity index (χ1n) is 7.79. The fourth-order valence-corrected chi connectivity index (χ4v) is 4.08. The number of amides is 1. The molecule has 1 aromatic rings. The lowest BCUT2D eigenvalue weighted by molar-refractivity contribution is -0.318. The Kier molecular flexibility index (Phi) is 4.14. The molecule has 3 aliphatic carbocycles. The van der Waals surface area contributed by atoms with Crippen LogP contribution in [0.5, 0.6) is 0 Å². The van der Waals surface area contributed by atoms with Crippen molar-refractivity contribution in [2.75, 3.05) is 0 Å². The minimum absolute atomic E-state index is 0.0663. The number of aliphatic carboxylic acids is 1. The van der Waals surface area contributed by atoms with Gasteiger partial charge in [-0.05, 0) is 55.2 Å². The third-order valence-corrected chi connectivity index (χ3v) is 5.17. The van der Waals surface area contributed by atoms with Crippen molar-refractivity contribution in [1.29, 1.82) is 0 Å². The van der Waals surface area contributed by atoms with Crippen LogP contribution in [0.15, 0.2) is 24.3 Å². The summed E-state index contributed by atoms with van der Waals surface area (Å²) in [6.45, 7) is 0.284. The van der Waals surface area contributed by atoms with Crippen molar-refractivity contribution in [3.63, 3.8) is 0 Å². The molecule has 5 heteroatoms. The normalized spacial score (nSPS) is 30.0. The predicted octanol–water partition coefficient (Wildman–Crippen LogP) is 1.24. The number of carboxylic acid groups (broad SMARTS) is 1. The van der Waals surface area contributed by atoms with E-state index < -0.39 is 17.8 Å². The van der Waals surface area contributed by atoms with Gasteiger partial charge in [0.1, 0.15) is 5.82 Å². The van der Waals surface area contributed by atoms with Gasteiger partial charge in [0, 0.05) is 24.3 Å². The summed E-state index contributed by atoms with van der Waals surface area (Å²) < 4.78 is 12.9. The third kappa shape index (κ3) is 2.85. The SMILES string of the molecule is O=C([O-])[C@@H]1C2CCC(CC2)[C@@H]1C(=O)NCc1ccc(F)cc1. The van der Waals surface area contributed by atoms with E-state index >= 15 is 0 Å². The van der Waals surface area contributed by atoms with Gasteiger partial charge in [-0.1, -0.05) is 12.1 Å². The molecule has 22 heavy (non-hydrogen) atoms. The van der Waals surface area contributed by atoms with Gasteiger partial charge in [-0.2, -0.15) is 0 Å². The van der Waals surface area contributed by atoms with Crippen molar-refractivity contribution in [2.45, 2.75) is 32.2 Å². The van der Waals surface area contributed by atoms with E-state index in [1.54, 1.807) is 12.1 Å². The first-order valence-corrected chi connectivity index (χ1v) is 7.79. The molecule has 2 bridgehead atoms. The molecule has 118 valence electrons. The second kappa shape index (κ2) is 6.07.